The van der Waals surface area contributed by atoms with Crippen molar-refractivity contribution < 1.29 is 0 Å². The van der Waals surface area contributed by atoms with Gasteiger partial charge in [0.2, 0.25) is 0 Å². The second-order valence-corrected chi connectivity index (χ2v) is 16.9. The lowest BCUT2D eigenvalue weighted by Crippen LogP contribution is -2.44. The van der Waals surface area contributed by atoms with Crippen molar-refractivity contribution >= 4 is 31.5 Å². The van der Waals surface area contributed by atoms with E-state index in [1.54, 1.807) is 0 Å². The highest BCUT2D eigenvalue weighted by Crippen LogP contribution is 2.68. The van der Waals surface area contributed by atoms with Crippen LogP contribution in [0.5, 0.6) is 0 Å². The average molecular weight is 739 g/mol. The van der Waals surface area contributed by atoms with Crippen molar-refractivity contribution in [3.8, 4) is 44.5 Å². The van der Waals surface area contributed by atoms with Crippen LogP contribution in [0, 0.1) is 0 Å². The van der Waals surface area contributed by atoms with Crippen molar-refractivity contribution in [2.75, 3.05) is 0 Å². The molecular formula is C56H34S. The Bertz CT molecular complexity index is 3210. The van der Waals surface area contributed by atoms with Crippen LogP contribution in [-0.4, -0.2) is 0 Å². The molecule has 0 N–H and O–H groups in total. The highest BCUT2D eigenvalue weighted by molar-refractivity contribution is 7.25. The summed E-state index contributed by atoms with van der Waals surface area (Å²) >= 11 is 1.87. The summed E-state index contributed by atoms with van der Waals surface area (Å²) in [5.41, 5.74) is 20.1. The predicted molar refractivity (Wildman–Crippen MR) is 238 cm³/mol. The molecule has 0 bridgehead atoms. The third-order valence-corrected chi connectivity index (χ3v) is 14.5. The molecule has 1 aromatic heterocycles. The first-order valence-electron chi connectivity index (χ1n) is 19.9. The van der Waals surface area contributed by atoms with Gasteiger partial charge in [-0.05, 0) is 107 Å². The minimum absolute atomic E-state index is 0.495. The summed E-state index contributed by atoms with van der Waals surface area (Å²) in [5.74, 6) is 0. The Kier molecular flexibility index (Phi) is 6.27. The van der Waals surface area contributed by atoms with Crippen LogP contribution >= 0.6 is 11.3 Å². The lowest BCUT2D eigenvalue weighted by atomic mass is 9.51. The van der Waals surface area contributed by atoms with Gasteiger partial charge in [-0.15, -0.1) is 11.3 Å². The number of rotatable bonds is 2. The summed E-state index contributed by atoms with van der Waals surface area (Å²) in [7, 11) is 0. The second kappa shape index (κ2) is 11.4. The summed E-state index contributed by atoms with van der Waals surface area (Å²) < 4.78 is 2.67. The van der Waals surface area contributed by atoms with Gasteiger partial charge in [0.25, 0.3) is 0 Å². The fourth-order valence-electron chi connectivity index (χ4n) is 11.3. The van der Waals surface area contributed by atoms with Gasteiger partial charge in [-0.1, -0.05) is 188 Å². The van der Waals surface area contributed by atoms with Gasteiger partial charge in [-0.2, -0.15) is 0 Å². The Hall–Kier alpha value is -6.80. The maximum absolute atomic E-state index is 2.45. The lowest BCUT2D eigenvalue weighted by molar-refractivity contribution is 0.634. The zero-order valence-corrected chi connectivity index (χ0v) is 31.9. The number of thiophene rings is 1. The molecule has 2 spiro atoms. The van der Waals surface area contributed by atoms with Gasteiger partial charge in [-0.25, -0.2) is 0 Å². The van der Waals surface area contributed by atoms with Crippen molar-refractivity contribution in [3.63, 3.8) is 0 Å². The maximum Gasteiger partial charge on any atom is 0.0725 e. The number of fused-ring (bicyclic) bond motifs is 19. The minimum Gasteiger partial charge on any atom is -0.135 e. The van der Waals surface area contributed by atoms with E-state index in [1.165, 1.54) is 109 Å². The molecule has 0 radical (unpaired) electrons. The minimum atomic E-state index is -0.531. The van der Waals surface area contributed by atoms with Gasteiger partial charge in [0.1, 0.15) is 0 Å². The Labute approximate surface area is 336 Å². The fourth-order valence-corrected chi connectivity index (χ4v) is 12.4. The van der Waals surface area contributed by atoms with Crippen LogP contribution < -0.4 is 0 Å². The molecule has 0 fully saturated rings. The van der Waals surface area contributed by atoms with Crippen molar-refractivity contribution in [3.05, 3.63) is 251 Å². The monoisotopic (exact) mass is 738 g/mol. The van der Waals surface area contributed by atoms with E-state index >= 15 is 0 Å². The largest absolute Gasteiger partial charge is 0.135 e. The molecule has 1 heterocycles. The SMILES string of the molecule is c1ccc2c(c1)-c1ccccc1C21c2ccccc2C2(c3ccccc3-c3ccccc32)c2c(-c3ccc(-c4ccc5sc6ccccc6c5c4)cc3)cccc21. The topological polar surface area (TPSA) is 0 Å². The molecule has 1 heteroatoms. The summed E-state index contributed by atoms with van der Waals surface area (Å²) in [4.78, 5) is 0. The molecule has 0 nitrogen and oxygen atoms in total. The zero-order valence-electron chi connectivity index (χ0n) is 31.0. The number of benzene rings is 9. The van der Waals surface area contributed by atoms with Gasteiger partial charge >= 0.3 is 0 Å². The van der Waals surface area contributed by atoms with Gasteiger partial charge < -0.3 is 0 Å². The predicted octanol–water partition coefficient (Wildman–Crippen LogP) is 14.4. The van der Waals surface area contributed by atoms with Crippen LogP contribution in [-0.2, 0) is 10.8 Å². The van der Waals surface area contributed by atoms with Gasteiger partial charge in [0.15, 0.2) is 0 Å². The van der Waals surface area contributed by atoms with E-state index in [-0.39, 0.29) is 0 Å². The molecule has 10 aromatic rings. The van der Waals surface area contributed by atoms with Crippen molar-refractivity contribution in [1.29, 1.82) is 0 Å². The molecule has 0 amide bonds. The number of hydrogen-bond donors (Lipinski definition) is 0. The van der Waals surface area contributed by atoms with Gasteiger partial charge in [-0.3, -0.25) is 0 Å². The molecule has 3 aliphatic carbocycles. The molecule has 0 saturated heterocycles. The van der Waals surface area contributed by atoms with Crippen molar-refractivity contribution in [1.82, 2.24) is 0 Å². The standard InChI is InChI=1S/C56H34S/c1-6-20-45-39(14-1)40-15-2-7-21-46(40)55(45)49-24-10-11-25-50(49)56(47-22-8-3-16-41(47)42-17-4-9-23-48(42)56)54-38(19-13-26-51(54)55)36-30-28-35(29-31-36)37-32-33-53-44(34-37)43-18-5-12-27-52(43)57-53/h1-34H. The van der Waals surface area contributed by atoms with E-state index < -0.39 is 10.8 Å². The molecule has 0 unspecified atom stereocenters. The lowest BCUT2D eigenvalue weighted by Gasteiger charge is -2.49. The molecule has 9 aromatic carbocycles. The summed E-state index contributed by atoms with van der Waals surface area (Å²) in [6, 6.07) is 78.3. The highest BCUT2D eigenvalue weighted by atomic mass is 32.1. The second-order valence-electron chi connectivity index (χ2n) is 15.8. The van der Waals surface area contributed by atoms with Crippen LogP contribution in [0.4, 0.5) is 0 Å². The van der Waals surface area contributed by atoms with E-state index in [0.29, 0.717) is 0 Å². The molecule has 13 rings (SSSR count). The summed E-state index contributed by atoms with van der Waals surface area (Å²) in [5, 5.41) is 2.66. The normalized spacial score (nSPS) is 14.6. The highest BCUT2D eigenvalue weighted by Gasteiger charge is 2.59. The Balaban J connectivity index is 1.13. The molecule has 0 atom stereocenters. The smallest absolute Gasteiger partial charge is 0.0725 e. The van der Waals surface area contributed by atoms with Crippen LogP contribution in [0.3, 0.4) is 0 Å². The van der Waals surface area contributed by atoms with Crippen LogP contribution in [0.1, 0.15) is 44.5 Å². The van der Waals surface area contributed by atoms with Gasteiger partial charge in [0, 0.05) is 20.2 Å². The third-order valence-electron chi connectivity index (χ3n) is 13.4. The summed E-state index contributed by atoms with van der Waals surface area (Å²) in [6.45, 7) is 0. The quantitative estimate of drug-likeness (QED) is 0.166. The van der Waals surface area contributed by atoms with E-state index in [0.717, 1.165) is 0 Å². The first kappa shape index (κ1) is 31.4. The Morgan fingerprint density at radius 3 is 1.30 bits per heavy atom. The van der Waals surface area contributed by atoms with Crippen LogP contribution in [0.25, 0.3) is 64.7 Å². The average Bonchev–Trinajstić information content (AvgIpc) is 3.91. The van der Waals surface area contributed by atoms with E-state index in [4.69, 9.17) is 0 Å². The molecule has 3 aliphatic rings. The van der Waals surface area contributed by atoms with Crippen LogP contribution in [0.2, 0.25) is 0 Å². The molecule has 0 saturated carbocycles. The van der Waals surface area contributed by atoms with E-state index in [1.807, 2.05) is 11.3 Å². The Morgan fingerprint density at radius 2 is 0.684 bits per heavy atom. The van der Waals surface area contributed by atoms with E-state index in [2.05, 4.69) is 206 Å². The first-order valence-corrected chi connectivity index (χ1v) is 20.7. The third kappa shape index (κ3) is 3.87. The number of hydrogen-bond acceptors (Lipinski definition) is 1. The van der Waals surface area contributed by atoms with E-state index in [9.17, 15) is 0 Å². The summed E-state index contributed by atoms with van der Waals surface area (Å²) in [6.07, 6.45) is 0. The van der Waals surface area contributed by atoms with Crippen molar-refractivity contribution in [2.24, 2.45) is 0 Å². The molecular weight excluding hydrogens is 705 g/mol. The fraction of sp³-hybridized carbons (Fsp3) is 0.0357. The van der Waals surface area contributed by atoms with Gasteiger partial charge in [0.05, 0.1) is 10.8 Å². The van der Waals surface area contributed by atoms with Crippen molar-refractivity contribution in [2.45, 2.75) is 10.8 Å². The maximum atomic E-state index is 2.45. The van der Waals surface area contributed by atoms with Crippen LogP contribution in [0.15, 0.2) is 206 Å². The Morgan fingerprint density at radius 1 is 0.263 bits per heavy atom. The molecule has 264 valence electrons. The molecule has 0 aliphatic heterocycles. The zero-order chi connectivity index (χ0) is 37.3. The first-order chi connectivity index (χ1) is 28.3. The molecule has 57 heavy (non-hydrogen) atoms.